The van der Waals surface area contributed by atoms with Crippen molar-refractivity contribution in [2.75, 3.05) is 13.1 Å². The number of sulfonamides is 1. The molecule has 0 spiro atoms. The molecule has 0 unspecified atom stereocenters. The maximum absolute atomic E-state index is 13.0. The van der Waals surface area contributed by atoms with Gasteiger partial charge in [-0.05, 0) is 73.7 Å². The Hall–Kier alpha value is -1.17. The van der Waals surface area contributed by atoms with Crippen molar-refractivity contribution >= 4 is 21.4 Å². The van der Waals surface area contributed by atoms with E-state index in [0.717, 1.165) is 29.5 Å². The second-order valence-corrected chi connectivity index (χ2v) is 9.28. The molecule has 23 heavy (non-hydrogen) atoms. The number of rotatable bonds is 3. The maximum atomic E-state index is 13.0. The summed E-state index contributed by atoms with van der Waals surface area (Å²) in [7, 11) is -3.39. The number of benzene rings is 1. The Labute approximate surface area is 143 Å². The Morgan fingerprint density at radius 1 is 1.04 bits per heavy atom. The number of nitrogens with zero attached hydrogens (tertiary/aromatic N) is 1. The Kier molecular flexibility index (Phi) is 4.63. The molecular formula is C18H23NO2S2. The van der Waals surface area contributed by atoms with E-state index < -0.39 is 10.0 Å². The molecule has 1 fully saturated rings. The average Bonchev–Trinajstić information content (AvgIpc) is 3.05. The molecule has 124 valence electrons. The summed E-state index contributed by atoms with van der Waals surface area (Å²) < 4.78 is 27.6. The van der Waals surface area contributed by atoms with Crippen LogP contribution in [0.2, 0.25) is 0 Å². The molecule has 1 aromatic heterocycles. The fourth-order valence-electron chi connectivity index (χ4n) is 3.26. The van der Waals surface area contributed by atoms with Crippen LogP contribution < -0.4 is 0 Å². The summed E-state index contributed by atoms with van der Waals surface area (Å²) in [6.07, 6.45) is 1.81. The van der Waals surface area contributed by atoms with Crippen LogP contribution in [0.4, 0.5) is 0 Å². The van der Waals surface area contributed by atoms with E-state index >= 15 is 0 Å². The molecule has 3 rings (SSSR count). The molecular weight excluding hydrogens is 326 g/mol. The molecule has 3 nitrogen and oxygen atoms in total. The predicted octanol–water partition coefficient (Wildman–Crippen LogP) is 4.24. The SMILES string of the molecule is Cc1cc(C)c(S(=O)(=O)N2CCC(c3cccs3)CC2)cc1C. The Morgan fingerprint density at radius 2 is 1.70 bits per heavy atom. The smallest absolute Gasteiger partial charge is 0.207 e. The normalized spacial score (nSPS) is 17.5. The molecule has 1 saturated heterocycles. The van der Waals surface area contributed by atoms with Gasteiger partial charge in [-0.1, -0.05) is 12.1 Å². The van der Waals surface area contributed by atoms with Gasteiger partial charge in [-0.15, -0.1) is 11.3 Å². The number of piperidine rings is 1. The van der Waals surface area contributed by atoms with Crippen molar-refractivity contribution in [3.05, 3.63) is 51.2 Å². The minimum absolute atomic E-state index is 0.468. The molecule has 1 aliphatic rings. The zero-order valence-corrected chi connectivity index (χ0v) is 15.5. The highest BCUT2D eigenvalue weighted by Gasteiger charge is 2.31. The van der Waals surface area contributed by atoms with E-state index in [1.807, 2.05) is 32.9 Å². The van der Waals surface area contributed by atoms with Crippen molar-refractivity contribution in [3.8, 4) is 0 Å². The van der Waals surface area contributed by atoms with Crippen molar-refractivity contribution in [2.24, 2.45) is 0 Å². The van der Waals surface area contributed by atoms with Crippen LogP contribution >= 0.6 is 11.3 Å². The van der Waals surface area contributed by atoms with Gasteiger partial charge in [-0.25, -0.2) is 8.42 Å². The zero-order valence-electron chi connectivity index (χ0n) is 13.9. The molecule has 1 aliphatic heterocycles. The van der Waals surface area contributed by atoms with Crippen LogP contribution in [0.15, 0.2) is 34.5 Å². The lowest BCUT2D eigenvalue weighted by molar-refractivity contribution is 0.321. The number of aryl methyl sites for hydroxylation is 3. The van der Waals surface area contributed by atoms with E-state index in [4.69, 9.17) is 0 Å². The van der Waals surface area contributed by atoms with Crippen LogP contribution in [0.25, 0.3) is 0 Å². The first-order chi connectivity index (χ1) is 10.9. The lowest BCUT2D eigenvalue weighted by atomic mass is 9.97. The number of hydrogen-bond acceptors (Lipinski definition) is 3. The second-order valence-electron chi connectivity index (χ2n) is 6.40. The van der Waals surface area contributed by atoms with E-state index in [1.165, 1.54) is 4.88 Å². The third-order valence-electron chi connectivity index (χ3n) is 4.81. The van der Waals surface area contributed by atoms with Crippen molar-refractivity contribution in [1.82, 2.24) is 4.31 Å². The van der Waals surface area contributed by atoms with E-state index in [1.54, 1.807) is 15.6 Å². The van der Waals surface area contributed by atoms with E-state index in [9.17, 15) is 8.42 Å². The summed E-state index contributed by atoms with van der Waals surface area (Å²) in [6.45, 7) is 7.09. The highest BCUT2D eigenvalue weighted by molar-refractivity contribution is 7.89. The van der Waals surface area contributed by atoms with Crippen LogP contribution in [0.1, 0.15) is 40.3 Å². The molecule has 0 N–H and O–H groups in total. The summed E-state index contributed by atoms with van der Waals surface area (Å²) in [6, 6.07) is 8.03. The highest BCUT2D eigenvalue weighted by atomic mass is 32.2. The standard InChI is InChI=1S/C18H23NO2S2/c1-13-11-15(3)18(12-14(13)2)23(20,21)19-8-6-16(7-9-19)17-5-4-10-22-17/h4-5,10-12,16H,6-9H2,1-3H3. The van der Waals surface area contributed by atoms with E-state index in [-0.39, 0.29) is 0 Å². The first-order valence-electron chi connectivity index (χ1n) is 8.01. The zero-order chi connectivity index (χ0) is 16.6. The van der Waals surface area contributed by atoms with Crippen LogP contribution in [0.3, 0.4) is 0 Å². The summed E-state index contributed by atoms with van der Waals surface area (Å²) in [5, 5.41) is 2.09. The molecule has 0 atom stereocenters. The predicted molar refractivity (Wildman–Crippen MR) is 95.7 cm³/mol. The monoisotopic (exact) mass is 349 g/mol. The van der Waals surface area contributed by atoms with E-state index in [2.05, 4.69) is 17.5 Å². The molecule has 2 heterocycles. The van der Waals surface area contributed by atoms with Gasteiger partial charge in [0.1, 0.15) is 0 Å². The van der Waals surface area contributed by atoms with Gasteiger partial charge in [0, 0.05) is 18.0 Å². The molecule has 0 aliphatic carbocycles. The molecule has 0 bridgehead atoms. The third-order valence-corrected chi connectivity index (χ3v) is 7.88. The van der Waals surface area contributed by atoms with Crippen LogP contribution in [-0.2, 0) is 10.0 Å². The number of thiophene rings is 1. The third kappa shape index (κ3) is 3.23. The lowest BCUT2D eigenvalue weighted by Crippen LogP contribution is -2.38. The van der Waals surface area contributed by atoms with Crippen molar-refractivity contribution in [3.63, 3.8) is 0 Å². The topological polar surface area (TPSA) is 37.4 Å². The van der Waals surface area contributed by atoms with Gasteiger partial charge < -0.3 is 0 Å². The van der Waals surface area contributed by atoms with Gasteiger partial charge in [-0.3, -0.25) is 0 Å². The minimum Gasteiger partial charge on any atom is -0.207 e. The Morgan fingerprint density at radius 3 is 2.30 bits per heavy atom. The second kappa shape index (κ2) is 6.38. The molecule has 0 radical (unpaired) electrons. The molecule has 0 saturated carbocycles. The fraction of sp³-hybridized carbons (Fsp3) is 0.444. The van der Waals surface area contributed by atoms with Gasteiger partial charge >= 0.3 is 0 Å². The van der Waals surface area contributed by atoms with Crippen molar-refractivity contribution < 1.29 is 8.42 Å². The summed E-state index contributed by atoms with van der Waals surface area (Å²) >= 11 is 1.77. The highest BCUT2D eigenvalue weighted by Crippen LogP contribution is 2.33. The fourth-order valence-corrected chi connectivity index (χ4v) is 5.92. The van der Waals surface area contributed by atoms with Gasteiger partial charge in [0.05, 0.1) is 4.90 Å². The molecule has 5 heteroatoms. The quantitative estimate of drug-likeness (QED) is 0.831. The Balaban J connectivity index is 1.81. The Bertz CT molecular complexity index is 787. The van der Waals surface area contributed by atoms with Gasteiger partial charge in [0.25, 0.3) is 0 Å². The van der Waals surface area contributed by atoms with Gasteiger partial charge in [-0.2, -0.15) is 4.31 Å². The minimum atomic E-state index is -3.39. The number of hydrogen-bond donors (Lipinski definition) is 0. The van der Waals surface area contributed by atoms with Crippen LogP contribution in [0, 0.1) is 20.8 Å². The van der Waals surface area contributed by atoms with Crippen LogP contribution in [0.5, 0.6) is 0 Å². The maximum Gasteiger partial charge on any atom is 0.243 e. The first-order valence-corrected chi connectivity index (χ1v) is 10.3. The molecule has 2 aromatic rings. The summed E-state index contributed by atoms with van der Waals surface area (Å²) in [5.41, 5.74) is 3.01. The van der Waals surface area contributed by atoms with E-state index in [0.29, 0.717) is 23.9 Å². The molecule has 1 aromatic carbocycles. The average molecular weight is 350 g/mol. The first kappa shape index (κ1) is 16.7. The van der Waals surface area contributed by atoms with Crippen molar-refractivity contribution in [2.45, 2.75) is 44.4 Å². The summed E-state index contributed by atoms with van der Waals surface area (Å²) in [5.74, 6) is 0.502. The molecule has 0 amide bonds. The van der Waals surface area contributed by atoms with Gasteiger partial charge in [0.2, 0.25) is 10.0 Å². The summed E-state index contributed by atoms with van der Waals surface area (Å²) in [4.78, 5) is 1.85. The lowest BCUT2D eigenvalue weighted by Gasteiger charge is -2.31. The largest absolute Gasteiger partial charge is 0.243 e. The van der Waals surface area contributed by atoms with Gasteiger partial charge in [0.15, 0.2) is 0 Å². The van der Waals surface area contributed by atoms with Crippen molar-refractivity contribution in [1.29, 1.82) is 0 Å². The van der Waals surface area contributed by atoms with Crippen LogP contribution in [-0.4, -0.2) is 25.8 Å².